The number of carbonyl (C=O) groups is 1. The molecule has 1 N–H and O–H groups in total. The fraction of sp³-hybridized carbons (Fsp3) is 0.923. The summed E-state index contributed by atoms with van der Waals surface area (Å²) in [6.07, 6.45) is 5.20. The van der Waals surface area contributed by atoms with E-state index in [1.54, 1.807) is 0 Å². The van der Waals surface area contributed by atoms with Crippen LogP contribution in [0.5, 0.6) is 0 Å². The van der Waals surface area contributed by atoms with Crippen molar-refractivity contribution in [2.24, 2.45) is 5.92 Å². The van der Waals surface area contributed by atoms with E-state index in [4.69, 9.17) is 4.74 Å². The van der Waals surface area contributed by atoms with Crippen LogP contribution >= 0.6 is 0 Å². The number of likely N-dealkylation sites (N-methyl/N-ethyl adjacent to an activating group) is 1. The van der Waals surface area contributed by atoms with Crippen LogP contribution in [-0.2, 0) is 9.53 Å². The van der Waals surface area contributed by atoms with Crippen LogP contribution in [0.1, 0.15) is 32.6 Å². The van der Waals surface area contributed by atoms with E-state index in [0.717, 1.165) is 13.1 Å². The minimum absolute atomic E-state index is 0.0118. The number of ether oxygens (including phenoxy) is 1. The van der Waals surface area contributed by atoms with E-state index >= 15 is 0 Å². The maximum absolute atomic E-state index is 12.3. The first-order valence-corrected chi connectivity index (χ1v) is 6.78. The van der Waals surface area contributed by atoms with Gasteiger partial charge in [-0.25, -0.2) is 0 Å². The van der Waals surface area contributed by atoms with Gasteiger partial charge in [0.2, 0.25) is 5.91 Å². The highest BCUT2D eigenvalue weighted by Gasteiger charge is 2.31. The van der Waals surface area contributed by atoms with E-state index in [2.05, 4.69) is 5.32 Å². The third kappa shape index (κ3) is 3.19. The molecule has 17 heavy (non-hydrogen) atoms. The van der Waals surface area contributed by atoms with E-state index < -0.39 is 0 Å². The molecule has 0 spiro atoms. The molecule has 1 amide bonds. The van der Waals surface area contributed by atoms with Crippen molar-refractivity contribution < 1.29 is 9.53 Å². The molecule has 1 saturated carbocycles. The molecular weight excluding hydrogens is 216 g/mol. The summed E-state index contributed by atoms with van der Waals surface area (Å²) in [7, 11) is 1.92. The van der Waals surface area contributed by atoms with Crippen LogP contribution in [0.4, 0.5) is 0 Å². The molecule has 0 aromatic carbocycles. The highest BCUT2D eigenvalue weighted by Crippen LogP contribution is 2.25. The van der Waals surface area contributed by atoms with Crippen molar-refractivity contribution in [3.8, 4) is 0 Å². The van der Waals surface area contributed by atoms with Gasteiger partial charge in [0.15, 0.2) is 0 Å². The Balaban J connectivity index is 1.84. The molecule has 0 bridgehead atoms. The monoisotopic (exact) mass is 240 g/mol. The summed E-state index contributed by atoms with van der Waals surface area (Å²) < 4.78 is 5.52. The van der Waals surface area contributed by atoms with E-state index in [9.17, 15) is 4.79 Å². The average Bonchev–Trinajstić information content (AvgIpc) is 2.81. The number of nitrogens with one attached hydrogen (secondary N) is 1. The Morgan fingerprint density at radius 2 is 2.12 bits per heavy atom. The third-order valence-electron chi connectivity index (χ3n) is 3.97. The zero-order chi connectivity index (χ0) is 12.3. The number of nitrogens with zero attached hydrogens (tertiary/aromatic N) is 1. The van der Waals surface area contributed by atoms with E-state index in [0.29, 0.717) is 12.5 Å². The summed E-state index contributed by atoms with van der Waals surface area (Å²) >= 11 is 0. The molecule has 2 atom stereocenters. The third-order valence-corrected chi connectivity index (χ3v) is 3.97. The smallest absolute Gasteiger partial charge is 0.242 e. The second kappa shape index (κ2) is 5.83. The van der Waals surface area contributed by atoms with E-state index in [1.165, 1.54) is 25.7 Å². The van der Waals surface area contributed by atoms with Gasteiger partial charge in [0.25, 0.3) is 0 Å². The topological polar surface area (TPSA) is 41.6 Å². The van der Waals surface area contributed by atoms with Crippen LogP contribution in [0, 0.1) is 5.92 Å². The summed E-state index contributed by atoms with van der Waals surface area (Å²) in [5.74, 6) is 0.896. The summed E-state index contributed by atoms with van der Waals surface area (Å²) in [5.41, 5.74) is 0. The Morgan fingerprint density at radius 3 is 2.76 bits per heavy atom. The van der Waals surface area contributed by atoms with E-state index in [-0.39, 0.29) is 18.1 Å². The highest BCUT2D eigenvalue weighted by atomic mass is 16.5. The van der Waals surface area contributed by atoms with Gasteiger partial charge in [0.05, 0.1) is 12.7 Å². The second-order valence-corrected chi connectivity index (χ2v) is 5.38. The molecule has 2 fully saturated rings. The molecule has 98 valence electrons. The molecule has 2 rings (SSSR count). The molecule has 2 aliphatic rings. The molecule has 1 saturated heterocycles. The lowest BCUT2D eigenvalue weighted by Crippen LogP contribution is -2.56. The predicted octanol–water partition coefficient (Wildman–Crippen LogP) is 1.01. The lowest BCUT2D eigenvalue weighted by Gasteiger charge is -2.33. The van der Waals surface area contributed by atoms with Crippen LogP contribution in [0.25, 0.3) is 0 Å². The largest absolute Gasteiger partial charge is 0.375 e. The van der Waals surface area contributed by atoms with Crippen molar-refractivity contribution in [3.63, 3.8) is 0 Å². The first-order valence-electron chi connectivity index (χ1n) is 6.78. The Hall–Kier alpha value is -0.610. The normalized spacial score (nSPS) is 30.5. The minimum Gasteiger partial charge on any atom is -0.375 e. The summed E-state index contributed by atoms with van der Waals surface area (Å²) in [4.78, 5) is 14.2. The van der Waals surface area contributed by atoms with Crippen molar-refractivity contribution in [3.05, 3.63) is 0 Å². The van der Waals surface area contributed by atoms with Gasteiger partial charge < -0.3 is 15.0 Å². The summed E-state index contributed by atoms with van der Waals surface area (Å²) in [5, 5.41) is 3.26. The zero-order valence-corrected chi connectivity index (χ0v) is 10.9. The van der Waals surface area contributed by atoms with Gasteiger partial charge in [0, 0.05) is 20.1 Å². The first kappa shape index (κ1) is 12.8. The fourth-order valence-electron chi connectivity index (χ4n) is 2.92. The molecule has 1 aliphatic heterocycles. The van der Waals surface area contributed by atoms with Gasteiger partial charge in [-0.3, -0.25) is 4.79 Å². The van der Waals surface area contributed by atoms with Crippen LogP contribution in [0.3, 0.4) is 0 Å². The van der Waals surface area contributed by atoms with E-state index in [1.807, 2.05) is 18.9 Å². The molecule has 1 aliphatic carbocycles. The lowest BCUT2D eigenvalue weighted by atomic mass is 10.1. The number of amides is 1. The maximum Gasteiger partial charge on any atom is 0.242 e. The summed E-state index contributed by atoms with van der Waals surface area (Å²) in [6, 6.07) is -0.157. The molecule has 0 aromatic heterocycles. The second-order valence-electron chi connectivity index (χ2n) is 5.38. The van der Waals surface area contributed by atoms with Crippen LogP contribution in [-0.4, -0.2) is 49.7 Å². The van der Waals surface area contributed by atoms with Gasteiger partial charge in [0.1, 0.15) is 6.04 Å². The maximum atomic E-state index is 12.3. The standard InChI is InChI=1S/C13H24N2O2/c1-10-12(14-7-8-17-10)13(16)15(2)9-11-5-3-4-6-11/h10-12,14H,3-9H2,1-2H3/t10-,12+/m1/s1. The number of rotatable bonds is 3. The quantitative estimate of drug-likeness (QED) is 0.800. The van der Waals surface area contributed by atoms with Gasteiger partial charge in [-0.15, -0.1) is 0 Å². The number of morpholine rings is 1. The zero-order valence-electron chi connectivity index (χ0n) is 10.9. The Morgan fingerprint density at radius 1 is 1.41 bits per heavy atom. The van der Waals surface area contributed by atoms with Crippen LogP contribution < -0.4 is 5.32 Å². The van der Waals surface area contributed by atoms with Crippen molar-refractivity contribution in [1.29, 1.82) is 0 Å². The molecule has 0 unspecified atom stereocenters. The SMILES string of the molecule is C[C@H]1OCCN[C@@H]1C(=O)N(C)CC1CCCC1. The number of hydrogen-bond donors (Lipinski definition) is 1. The fourth-order valence-corrected chi connectivity index (χ4v) is 2.92. The van der Waals surface area contributed by atoms with Crippen molar-refractivity contribution in [2.45, 2.75) is 44.8 Å². The van der Waals surface area contributed by atoms with Crippen LogP contribution in [0.15, 0.2) is 0 Å². The molecule has 1 heterocycles. The van der Waals surface area contributed by atoms with Crippen molar-refractivity contribution >= 4 is 5.91 Å². The predicted molar refractivity (Wildman–Crippen MR) is 66.8 cm³/mol. The average molecular weight is 240 g/mol. The minimum atomic E-state index is -0.157. The molecule has 4 heteroatoms. The van der Waals surface area contributed by atoms with Gasteiger partial charge in [-0.2, -0.15) is 0 Å². The molecule has 0 aromatic rings. The van der Waals surface area contributed by atoms with Gasteiger partial charge in [-0.05, 0) is 25.7 Å². The number of hydrogen-bond acceptors (Lipinski definition) is 3. The first-order chi connectivity index (χ1) is 8.18. The van der Waals surface area contributed by atoms with Gasteiger partial charge in [-0.1, -0.05) is 12.8 Å². The lowest BCUT2D eigenvalue weighted by molar-refractivity contribution is -0.138. The molecular formula is C13H24N2O2. The van der Waals surface area contributed by atoms with Gasteiger partial charge >= 0.3 is 0 Å². The van der Waals surface area contributed by atoms with Crippen molar-refractivity contribution in [2.75, 3.05) is 26.7 Å². The van der Waals surface area contributed by atoms with Crippen molar-refractivity contribution in [1.82, 2.24) is 10.2 Å². The Labute approximate surface area is 104 Å². The Kier molecular flexibility index (Phi) is 4.40. The molecule has 4 nitrogen and oxygen atoms in total. The highest BCUT2D eigenvalue weighted by molar-refractivity contribution is 5.82. The van der Waals surface area contributed by atoms with Crippen LogP contribution in [0.2, 0.25) is 0 Å². The molecule has 0 radical (unpaired) electrons. The number of carbonyl (C=O) groups excluding carboxylic acids is 1. The summed E-state index contributed by atoms with van der Waals surface area (Å²) in [6.45, 7) is 4.36. The Bertz CT molecular complexity index is 264.